The Hall–Kier alpha value is 0.648. The van der Waals surface area contributed by atoms with Crippen LogP contribution in [0.25, 0.3) is 0 Å². The summed E-state index contributed by atoms with van der Waals surface area (Å²) in [5, 5.41) is 8.07. The maximum absolute atomic E-state index is 8.07. The third kappa shape index (κ3) is 10.8. The van der Waals surface area contributed by atoms with Crippen molar-refractivity contribution in [2.24, 2.45) is 0 Å². The summed E-state index contributed by atoms with van der Waals surface area (Å²) in [4.78, 5) is 0. The van der Waals surface area contributed by atoms with E-state index in [1.165, 1.54) is 6.61 Å². The zero-order chi connectivity index (χ0) is 4.83. The van der Waals surface area contributed by atoms with Crippen LogP contribution in [0, 0.1) is 6.61 Å². The molecule has 0 bridgehead atoms. The van der Waals surface area contributed by atoms with Gasteiger partial charge >= 0.3 is 0 Å². The standard InChI is InChI=1S/C5H11O.W/c1-2-3-4-5-6;/h5-6H,2-4H2,1H3;/q-1;. The molecule has 0 spiro atoms. The van der Waals surface area contributed by atoms with Gasteiger partial charge in [-0.1, -0.05) is 19.8 Å². The van der Waals surface area contributed by atoms with Gasteiger partial charge in [-0.15, -0.1) is 0 Å². The number of aliphatic hydroxyl groups excluding tert-OH is 1. The molecule has 0 amide bonds. The first-order valence-corrected chi connectivity index (χ1v) is 2.37. The van der Waals surface area contributed by atoms with Gasteiger partial charge in [-0.25, -0.2) is 6.61 Å². The maximum Gasteiger partial charge on any atom is 0 e. The molecule has 0 heterocycles. The molecule has 44 valence electrons. The van der Waals surface area contributed by atoms with Gasteiger partial charge in [-0.2, -0.15) is 6.42 Å². The van der Waals surface area contributed by atoms with Crippen LogP contribution in [-0.4, -0.2) is 5.11 Å². The van der Waals surface area contributed by atoms with E-state index in [1.54, 1.807) is 0 Å². The molecule has 2 heteroatoms. The van der Waals surface area contributed by atoms with Gasteiger partial charge in [0.05, 0.1) is 0 Å². The Morgan fingerprint density at radius 3 is 2.29 bits per heavy atom. The Labute approximate surface area is 59.4 Å². The van der Waals surface area contributed by atoms with E-state index in [0.717, 1.165) is 19.3 Å². The quantitative estimate of drug-likeness (QED) is 0.612. The Kier molecular flexibility index (Phi) is 14.9. The number of hydrogen-bond acceptors (Lipinski definition) is 1. The molecular formula is C5H11OW-. The van der Waals surface area contributed by atoms with Gasteiger partial charge in [0.1, 0.15) is 0 Å². The van der Waals surface area contributed by atoms with E-state index in [4.69, 9.17) is 5.11 Å². The van der Waals surface area contributed by atoms with E-state index in [-0.39, 0.29) is 21.1 Å². The molecule has 0 aromatic carbocycles. The third-order valence-corrected chi connectivity index (χ3v) is 0.687. The van der Waals surface area contributed by atoms with Gasteiger partial charge in [0.15, 0.2) is 0 Å². The van der Waals surface area contributed by atoms with Crippen LogP contribution in [0.5, 0.6) is 0 Å². The minimum atomic E-state index is 0. The van der Waals surface area contributed by atoms with Gasteiger partial charge in [0.25, 0.3) is 0 Å². The van der Waals surface area contributed by atoms with Gasteiger partial charge in [0.2, 0.25) is 0 Å². The molecule has 0 atom stereocenters. The molecule has 0 saturated heterocycles. The van der Waals surface area contributed by atoms with Crippen LogP contribution in [0.4, 0.5) is 0 Å². The molecule has 0 radical (unpaired) electrons. The van der Waals surface area contributed by atoms with Crippen molar-refractivity contribution < 1.29 is 26.2 Å². The molecule has 0 aliphatic rings. The minimum Gasteiger partial charge on any atom is -0.566 e. The summed E-state index contributed by atoms with van der Waals surface area (Å²) in [5.74, 6) is 0. The smallest absolute Gasteiger partial charge is 0 e. The molecule has 0 aliphatic carbocycles. The number of aliphatic hydroxyl groups is 1. The van der Waals surface area contributed by atoms with Crippen molar-refractivity contribution in [1.82, 2.24) is 0 Å². The summed E-state index contributed by atoms with van der Waals surface area (Å²) in [5.41, 5.74) is 0. The molecule has 0 unspecified atom stereocenters. The minimum absolute atomic E-state index is 0. The monoisotopic (exact) mass is 271 g/mol. The number of unbranched alkanes of at least 4 members (excludes halogenated alkanes) is 2. The first-order chi connectivity index (χ1) is 2.91. The molecule has 0 fully saturated rings. The van der Waals surface area contributed by atoms with Gasteiger partial charge in [0, 0.05) is 21.1 Å². The molecule has 1 N–H and O–H groups in total. The second-order valence-corrected chi connectivity index (χ2v) is 1.32. The second-order valence-electron chi connectivity index (χ2n) is 1.32. The average molecular weight is 271 g/mol. The van der Waals surface area contributed by atoms with Crippen LogP contribution in [-0.2, 0) is 21.1 Å². The van der Waals surface area contributed by atoms with Gasteiger partial charge < -0.3 is 5.11 Å². The van der Waals surface area contributed by atoms with Crippen LogP contribution < -0.4 is 0 Å². The van der Waals surface area contributed by atoms with E-state index in [2.05, 4.69) is 6.92 Å². The van der Waals surface area contributed by atoms with Crippen molar-refractivity contribution in [2.75, 3.05) is 0 Å². The summed E-state index contributed by atoms with van der Waals surface area (Å²) in [6.45, 7) is 3.31. The van der Waals surface area contributed by atoms with Crippen LogP contribution in [0.15, 0.2) is 0 Å². The van der Waals surface area contributed by atoms with Crippen molar-refractivity contribution in [1.29, 1.82) is 0 Å². The Morgan fingerprint density at radius 1 is 1.57 bits per heavy atom. The number of hydrogen-bond donors (Lipinski definition) is 1. The Bertz CT molecular complexity index is 20.0. The average Bonchev–Trinajstić information content (AvgIpc) is 1.61. The first-order valence-electron chi connectivity index (χ1n) is 2.37. The molecule has 7 heavy (non-hydrogen) atoms. The summed E-state index contributed by atoms with van der Waals surface area (Å²) in [7, 11) is 0. The zero-order valence-corrected chi connectivity index (χ0v) is 7.49. The largest absolute Gasteiger partial charge is 0.566 e. The molecule has 0 aromatic heterocycles. The van der Waals surface area contributed by atoms with E-state index in [9.17, 15) is 0 Å². The summed E-state index contributed by atoms with van der Waals surface area (Å²) < 4.78 is 0. The molecule has 0 aliphatic heterocycles. The predicted octanol–water partition coefficient (Wildman–Crippen LogP) is 1.71. The third-order valence-electron chi connectivity index (χ3n) is 0.687. The van der Waals surface area contributed by atoms with Gasteiger partial charge in [-0.05, 0) is 0 Å². The fourth-order valence-electron chi connectivity index (χ4n) is 0.295. The van der Waals surface area contributed by atoms with Crippen LogP contribution >= 0.6 is 0 Å². The SMILES string of the molecule is CCCC[CH-]O.[W]. The maximum atomic E-state index is 8.07. The summed E-state index contributed by atoms with van der Waals surface area (Å²) in [6, 6.07) is 0. The normalized spacial score (nSPS) is 7.71. The van der Waals surface area contributed by atoms with E-state index in [1.807, 2.05) is 0 Å². The Morgan fingerprint density at radius 2 is 2.14 bits per heavy atom. The van der Waals surface area contributed by atoms with E-state index >= 15 is 0 Å². The zero-order valence-electron chi connectivity index (χ0n) is 4.55. The van der Waals surface area contributed by atoms with E-state index in [0.29, 0.717) is 0 Å². The summed E-state index contributed by atoms with van der Waals surface area (Å²) in [6.07, 6.45) is 3.12. The molecule has 0 rings (SSSR count). The predicted molar refractivity (Wildman–Crippen MR) is 25.8 cm³/mol. The fourth-order valence-corrected chi connectivity index (χ4v) is 0.295. The van der Waals surface area contributed by atoms with Crippen molar-refractivity contribution in [3.63, 3.8) is 0 Å². The molecule has 1 nitrogen and oxygen atoms in total. The van der Waals surface area contributed by atoms with Gasteiger partial charge in [-0.3, -0.25) is 0 Å². The Balaban J connectivity index is 0. The fraction of sp³-hybridized carbons (Fsp3) is 0.800. The van der Waals surface area contributed by atoms with Crippen LogP contribution in [0.3, 0.4) is 0 Å². The van der Waals surface area contributed by atoms with Crippen molar-refractivity contribution >= 4 is 0 Å². The van der Waals surface area contributed by atoms with Crippen LogP contribution in [0.2, 0.25) is 0 Å². The second kappa shape index (κ2) is 9.82. The first kappa shape index (κ1) is 10.6. The topological polar surface area (TPSA) is 20.2 Å². The van der Waals surface area contributed by atoms with E-state index < -0.39 is 0 Å². The number of rotatable bonds is 3. The van der Waals surface area contributed by atoms with Crippen LogP contribution in [0.1, 0.15) is 26.2 Å². The van der Waals surface area contributed by atoms with Crippen molar-refractivity contribution in [3.8, 4) is 0 Å². The molecule has 0 aromatic rings. The van der Waals surface area contributed by atoms with Crippen molar-refractivity contribution in [2.45, 2.75) is 26.2 Å². The van der Waals surface area contributed by atoms with Crippen molar-refractivity contribution in [3.05, 3.63) is 6.61 Å². The molecule has 0 saturated carbocycles. The summed E-state index contributed by atoms with van der Waals surface area (Å²) >= 11 is 0. The molecular weight excluding hydrogens is 260 g/mol.